The average molecular weight is 261 g/mol. The molecule has 3 heteroatoms. The van der Waals surface area contributed by atoms with E-state index in [1.165, 1.54) is 29.8 Å². The Morgan fingerprint density at radius 3 is 2.79 bits per heavy atom. The quantitative estimate of drug-likeness (QED) is 0.879. The second-order valence-corrected chi connectivity index (χ2v) is 5.77. The molecule has 1 heterocycles. The van der Waals surface area contributed by atoms with Crippen LogP contribution < -0.4 is 10.2 Å². The number of rotatable bonds is 5. The van der Waals surface area contributed by atoms with E-state index < -0.39 is 0 Å². The summed E-state index contributed by atoms with van der Waals surface area (Å²) in [6, 6.07) is 7.41. The predicted octanol–water partition coefficient (Wildman–Crippen LogP) is 2.82. The zero-order valence-electron chi connectivity index (χ0n) is 12.7. The Kier molecular flexibility index (Phi) is 4.70. The molecule has 19 heavy (non-hydrogen) atoms. The van der Waals surface area contributed by atoms with Crippen LogP contribution in [0, 0.1) is 0 Å². The molecule has 0 bridgehead atoms. The van der Waals surface area contributed by atoms with Crippen molar-refractivity contribution in [3.63, 3.8) is 0 Å². The molecular formula is C16H27N3. The molecule has 0 amide bonds. The van der Waals surface area contributed by atoms with Crippen LogP contribution in [0.15, 0.2) is 18.2 Å². The van der Waals surface area contributed by atoms with Crippen molar-refractivity contribution in [1.82, 2.24) is 4.90 Å². The normalized spacial score (nSPS) is 15.8. The summed E-state index contributed by atoms with van der Waals surface area (Å²) in [5, 5.41) is 3.48. The zero-order chi connectivity index (χ0) is 13.8. The summed E-state index contributed by atoms with van der Waals surface area (Å²) >= 11 is 0. The van der Waals surface area contributed by atoms with Gasteiger partial charge >= 0.3 is 0 Å². The first-order valence-electron chi connectivity index (χ1n) is 7.40. The van der Waals surface area contributed by atoms with Crippen LogP contribution >= 0.6 is 0 Å². The lowest BCUT2D eigenvalue weighted by Crippen LogP contribution is -2.40. The second kappa shape index (κ2) is 6.29. The molecule has 3 nitrogen and oxygen atoms in total. The lowest BCUT2D eigenvalue weighted by Gasteiger charge is -2.33. The first-order valence-corrected chi connectivity index (χ1v) is 7.40. The number of anilines is 2. The second-order valence-electron chi connectivity index (χ2n) is 5.77. The van der Waals surface area contributed by atoms with Gasteiger partial charge in [-0.05, 0) is 64.5 Å². The Labute approximate surface area is 117 Å². The largest absolute Gasteiger partial charge is 0.385 e. The summed E-state index contributed by atoms with van der Waals surface area (Å²) in [7, 11) is 4.28. The lowest BCUT2D eigenvalue weighted by atomic mass is 10.0. The monoisotopic (exact) mass is 261 g/mol. The van der Waals surface area contributed by atoms with Gasteiger partial charge in [0.05, 0.1) is 0 Å². The summed E-state index contributed by atoms with van der Waals surface area (Å²) in [5.74, 6) is 0. The molecule has 106 valence electrons. The highest BCUT2D eigenvalue weighted by atomic mass is 15.2. The molecule has 0 saturated carbocycles. The van der Waals surface area contributed by atoms with Crippen LogP contribution in [0.2, 0.25) is 0 Å². The molecule has 0 saturated heterocycles. The van der Waals surface area contributed by atoms with Crippen molar-refractivity contribution >= 4 is 11.4 Å². The molecule has 1 aliphatic heterocycles. The predicted molar refractivity (Wildman–Crippen MR) is 84.3 cm³/mol. The zero-order valence-corrected chi connectivity index (χ0v) is 12.7. The van der Waals surface area contributed by atoms with Gasteiger partial charge in [-0.25, -0.2) is 0 Å². The minimum atomic E-state index is 0.537. The van der Waals surface area contributed by atoms with E-state index in [1.54, 1.807) is 0 Å². The molecule has 1 aliphatic rings. The summed E-state index contributed by atoms with van der Waals surface area (Å²) in [5.41, 5.74) is 4.16. The highest BCUT2D eigenvalue weighted by molar-refractivity contribution is 5.62. The summed E-state index contributed by atoms with van der Waals surface area (Å²) < 4.78 is 0. The fraction of sp³-hybridized carbons (Fsp3) is 0.625. The lowest BCUT2D eigenvalue weighted by molar-refractivity contribution is 0.373. The maximum Gasteiger partial charge on any atom is 0.0388 e. The van der Waals surface area contributed by atoms with Gasteiger partial charge in [-0.2, -0.15) is 0 Å². The first-order chi connectivity index (χ1) is 9.11. The summed E-state index contributed by atoms with van der Waals surface area (Å²) in [6.07, 6.45) is 2.45. The third-order valence-corrected chi connectivity index (χ3v) is 3.86. The maximum absolute atomic E-state index is 3.48. The van der Waals surface area contributed by atoms with Crippen molar-refractivity contribution in [2.45, 2.75) is 32.7 Å². The van der Waals surface area contributed by atoms with Crippen molar-refractivity contribution in [3.8, 4) is 0 Å². The number of nitrogens with zero attached hydrogens (tertiary/aromatic N) is 2. The van der Waals surface area contributed by atoms with Crippen LogP contribution in [-0.2, 0) is 6.42 Å². The van der Waals surface area contributed by atoms with Gasteiger partial charge in [0.25, 0.3) is 0 Å². The molecule has 0 radical (unpaired) electrons. The third kappa shape index (κ3) is 3.41. The van der Waals surface area contributed by atoms with Crippen molar-refractivity contribution in [2.24, 2.45) is 0 Å². The van der Waals surface area contributed by atoms with E-state index in [1.807, 2.05) is 0 Å². The van der Waals surface area contributed by atoms with E-state index in [4.69, 9.17) is 0 Å². The van der Waals surface area contributed by atoms with Crippen molar-refractivity contribution in [2.75, 3.05) is 43.9 Å². The number of nitrogens with one attached hydrogen (secondary N) is 1. The summed E-state index contributed by atoms with van der Waals surface area (Å²) in [4.78, 5) is 4.75. The van der Waals surface area contributed by atoms with Gasteiger partial charge < -0.3 is 15.1 Å². The maximum atomic E-state index is 3.48. The van der Waals surface area contributed by atoms with Gasteiger partial charge in [0.15, 0.2) is 0 Å². The molecule has 1 aromatic rings. The van der Waals surface area contributed by atoms with E-state index in [-0.39, 0.29) is 0 Å². The van der Waals surface area contributed by atoms with Crippen LogP contribution in [0.1, 0.15) is 25.8 Å². The number of benzene rings is 1. The SMILES string of the molecule is CCN(c1ccc2c(c1)CCCN2)C(C)CN(C)C. The fourth-order valence-electron chi connectivity index (χ4n) is 3.02. The summed E-state index contributed by atoms with van der Waals surface area (Å²) in [6.45, 7) is 7.80. The molecule has 0 aliphatic carbocycles. The van der Waals surface area contributed by atoms with Crippen molar-refractivity contribution in [1.29, 1.82) is 0 Å². The van der Waals surface area contributed by atoms with E-state index in [9.17, 15) is 0 Å². The van der Waals surface area contributed by atoms with Gasteiger partial charge in [0.2, 0.25) is 0 Å². The molecular weight excluding hydrogens is 234 g/mol. The Morgan fingerprint density at radius 2 is 2.11 bits per heavy atom. The number of likely N-dealkylation sites (N-methyl/N-ethyl adjacent to an activating group) is 2. The smallest absolute Gasteiger partial charge is 0.0388 e. The number of hydrogen-bond donors (Lipinski definition) is 1. The van der Waals surface area contributed by atoms with Crippen LogP contribution in [0.25, 0.3) is 0 Å². The van der Waals surface area contributed by atoms with Crippen molar-refractivity contribution in [3.05, 3.63) is 23.8 Å². The van der Waals surface area contributed by atoms with E-state index >= 15 is 0 Å². The van der Waals surface area contributed by atoms with Gasteiger partial charge in [-0.15, -0.1) is 0 Å². The molecule has 2 rings (SSSR count). The Hall–Kier alpha value is -1.22. The minimum Gasteiger partial charge on any atom is -0.385 e. The van der Waals surface area contributed by atoms with Gasteiger partial charge in [-0.3, -0.25) is 0 Å². The van der Waals surface area contributed by atoms with E-state index in [2.05, 4.69) is 61.3 Å². The molecule has 1 atom stereocenters. The molecule has 0 fully saturated rings. The molecule has 0 spiro atoms. The Balaban J connectivity index is 2.18. The van der Waals surface area contributed by atoms with Gasteiger partial charge in [-0.1, -0.05) is 0 Å². The number of hydrogen-bond acceptors (Lipinski definition) is 3. The van der Waals surface area contributed by atoms with Crippen LogP contribution in [-0.4, -0.2) is 44.7 Å². The topological polar surface area (TPSA) is 18.5 Å². The molecule has 0 aromatic heterocycles. The number of fused-ring (bicyclic) bond motifs is 1. The first kappa shape index (κ1) is 14.2. The minimum absolute atomic E-state index is 0.537. The molecule has 1 aromatic carbocycles. The fourth-order valence-corrected chi connectivity index (χ4v) is 3.02. The molecule has 1 N–H and O–H groups in total. The Morgan fingerprint density at radius 1 is 1.32 bits per heavy atom. The third-order valence-electron chi connectivity index (χ3n) is 3.86. The highest BCUT2D eigenvalue weighted by Gasteiger charge is 2.16. The van der Waals surface area contributed by atoms with E-state index in [0.717, 1.165) is 19.6 Å². The van der Waals surface area contributed by atoms with Gasteiger partial charge in [0, 0.05) is 37.1 Å². The average Bonchev–Trinajstić information content (AvgIpc) is 2.38. The van der Waals surface area contributed by atoms with Crippen LogP contribution in [0.3, 0.4) is 0 Å². The number of aryl methyl sites for hydroxylation is 1. The Bertz CT molecular complexity index is 414. The van der Waals surface area contributed by atoms with Crippen LogP contribution in [0.5, 0.6) is 0 Å². The molecule has 1 unspecified atom stereocenters. The standard InChI is InChI=1S/C16H27N3/c1-5-19(13(2)12-18(3)4)15-8-9-16-14(11-15)7-6-10-17-16/h8-9,11,13,17H,5-7,10,12H2,1-4H3. The highest BCUT2D eigenvalue weighted by Crippen LogP contribution is 2.28. The van der Waals surface area contributed by atoms with Crippen LogP contribution in [0.4, 0.5) is 11.4 Å². The van der Waals surface area contributed by atoms with Gasteiger partial charge in [0.1, 0.15) is 0 Å². The van der Waals surface area contributed by atoms with Crippen molar-refractivity contribution < 1.29 is 0 Å². The van der Waals surface area contributed by atoms with E-state index in [0.29, 0.717) is 6.04 Å².